The van der Waals surface area contributed by atoms with Gasteiger partial charge in [-0.05, 0) is 44.2 Å². The van der Waals surface area contributed by atoms with E-state index in [1.807, 2.05) is 23.1 Å². The van der Waals surface area contributed by atoms with Gasteiger partial charge in [-0.25, -0.2) is 9.97 Å². The first-order valence-corrected chi connectivity index (χ1v) is 10.6. The molecule has 0 radical (unpaired) electrons. The highest BCUT2D eigenvalue weighted by Crippen LogP contribution is 2.20. The molecule has 1 aliphatic carbocycles. The summed E-state index contributed by atoms with van der Waals surface area (Å²) < 4.78 is 0. The molecule has 2 heterocycles. The van der Waals surface area contributed by atoms with Gasteiger partial charge in [0, 0.05) is 50.8 Å². The molecule has 0 atom stereocenters. The molecule has 152 valence electrons. The number of aromatic nitrogens is 2. The van der Waals surface area contributed by atoms with Crippen LogP contribution in [-0.2, 0) is 0 Å². The molecule has 2 aliphatic rings. The molecule has 0 spiro atoms. The minimum Gasteiger partial charge on any atom is -0.368 e. The van der Waals surface area contributed by atoms with Crippen LogP contribution in [0.4, 0.5) is 11.6 Å². The molecule has 1 saturated heterocycles. The van der Waals surface area contributed by atoms with Crippen molar-refractivity contribution in [2.45, 2.75) is 32.1 Å². The average molecular weight is 392 g/mol. The van der Waals surface area contributed by atoms with Crippen LogP contribution in [0.5, 0.6) is 0 Å². The van der Waals surface area contributed by atoms with Crippen LogP contribution >= 0.6 is 0 Å². The van der Waals surface area contributed by atoms with Gasteiger partial charge >= 0.3 is 0 Å². The summed E-state index contributed by atoms with van der Waals surface area (Å²) in [6.45, 7) is 3.93. The fourth-order valence-electron chi connectivity index (χ4n) is 3.99. The van der Waals surface area contributed by atoms with Gasteiger partial charge in [-0.1, -0.05) is 29.8 Å². The fraction of sp³-hybridized carbons (Fsp3) is 0.435. The summed E-state index contributed by atoms with van der Waals surface area (Å²) in [6.07, 6.45) is 11.7. The molecular weight excluding hydrogens is 362 g/mol. The van der Waals surface area contributed by atoms with E-state index in [-0.39, 0.29) is 5.91 Å². The van der Waals surface area contributed by atoms with Crippen LogP contribution in [0.15, 0.2) is 54.4 Å². The Bertz CT molecular complexity index is 826. The predicted molar refractivity (Wildman–Crippen MR) is 116 cm³/mol. The molecule has 1 aromatic heterocycles. The third-order valence-electron chi connectivity index (χ3n) is 5.70. The van der Waals surface area contributed by atoms with Gasteiger partial charge in [0.25, 0.3) is 5.91 Å². The number of benzene rings is 1. The number of piperazine rings is 1. The highest BCUT2D eigenvalue weighted by molar-refractivity contribution is 5.93. The molecule has 2 aromatic rings. The summed E-state index contributed by atoms with van der Waals surface area (Å²) in [4.78, 5) is 25.7. The lowest BCUT2D eigenvalue weighted by molar-refractivity contribution is 0.0746. The van der Waals surface area contributed by atoms with Gasteiger partial charge in [0.1, 0.15) is 0 Å². The number of amides is 1. The SMILES string of the molecule is O=C(c1cnc(NCCC2=CCCCC2)nc1)N1CCN(c2ccccc2)CC1. The summed E-state index contributed by atoms with van der Waals surface area (Å²) in [5.74, 6) is 0.600. The minimum absolute atomic E-state index is 0.0108. The number of hydrogen-bond acceptors (Lipinski definition) is 5. The van der Waals surface area contributed by atoms with Crippen molar-refractivity contribution in [2.24, 2.45) is 0 Å². The number of carbonyl (C=O) groups is 1. The lowest BCUT2D eigenvalue weighted by Gasteiger charge is -2.36. The molecule has 0 unspecified atom stereocenters. The number of nitrogens with zero attached hydrogens (tertiary/aromatic N) is 4. The Morgan fingerprint density at radius 2 is 1.76 bits per heavy atom. The van der Waals surface area contributed by atoms with E-state index in [1.54, 1.807) is 12.4 Å². The number of para-hydroxylation sites is 1. The Morgan fingerprint density at radius 3 is 2.45 bits per heavy atom. The number of anilines is 2. The number of carbonyl (C=O) groups excluding carboxylic acids is 1. The van der Waals surface area contributed by atoms with Crippen LogP contribution in [0.2, 0.25) is 0 Å². The van der Waals surface area contributed by atoms with Gasteiger partial charge in [0.15, 0.2) is 0 Å². The van der Waals surface area contributed by atoms with E-state index in [0.29, 0.717) is 24.6 Å². The van der Waals surface area contributed by atoms with Crippen molar-refractivity contribution in [1.29, 1.82) is 0 Å². The van der Waals surface area contributed by atoms with E-state index in [0.717, 1.165) is 26.1 Å². The van der Waals surface area contributed by atoms with Crippen molar-refractivity contribution in [2.75, 3.05) is 42.9 Å². The smallest absolute Gasteiger partial charge is 0.257 e. The first kappa shape index (κ1) is 19.4. The van der Waals surface area contributed by atoms with Crippen molar-refractivity contribution < 1.29 is 4.79 Å². The first-order valence-electron chi connectivity index (χ1n) is 10.6. The number of hydrogen-bond donors (Lipinski definition) is 1. The van der Waals surface area contributed by atoms with Gasteiger partial charge in [-0.15, -0.1) is 0 Å². The summed E-state index contributed by atoms with van der Waals surface area (Å²) in [5, 5.41) is 3.27. The van der Waals surface area contributed by atoms with E-state index in [9.17, 15) is 4.79 Å². The Balaban J connectivity index is 1.25. The van der Waals surface area contributed by atoms with Crippen molar-refractivity contribution in [3.8, 4) is 0 Å². The monoisotopic (exact) mass is 391 g/mol. The number of nitrogens with one attached hydrogen (secondary N) is 1. The highest BCUT2D eigenvalue weighted by Gasteiger charge is 2.22. The van der Waals surface area contributed by atoms with E-state index in [1.165, 1.54) is 36.9 Å². The Morgan fingerprint density at radius 1 is 1.00 bits per heavy atom. The maximum atomic E-state index is 12.8. The zero-order valence-corrected chi connectivity index (χ0v) is 16.9. The molecule has 0 bridgehead atoms. The lowest BCUT2D eigenvalue weighted by atomic mass is 9.97. The molecule has 1 aromatic carbocycles. The quantitative estimate of drug-likeness (QED) is 0.760. The Labute approximate surface area is 172 Å². The van der Waals surface area contributed by atoms with Crippen molar-refractivity contribution in [1.82, 2.24) is 14.9 Å². The Hall–Kier alpha value is -2.89. The van der Waals surface area contributed by atoms with Gasteiger partial charge in [0.2, 0.25) is 5.95 Å². The number of rotatable bonds is 6. The first-order chi connectivity index (χ1) is 14.3. The fourth-order valence-corrected chi connectivity index (χ4v) is 3.99. The third kappa shape index (κ3) is 5.13. The second-order valence-electron chi connectivity index (χ2n) is 7.70. The lowest BCUT2D eigenvalue weighted by Crippen LogP contribution is -2.48. The average Bonchev–Trinajstić information content (AvgIpc) is 2.80. The molecule has 1 amide bonds. The summed E-state index contributed by atoms with van der Waals surface area (Å²) in [7, 11) is 0. The molecule has 1 N–H and O–H groups in total. The zero-order chi connectivity index (χ0) is 19.9. The predicted octanol–water partition coefficient (Wildman–Crippen LogP) is 3.74. The van der Waals surface area contributed by atoms with E-state index in [4.69, 9.17) is 0 Å². The molecule has 0 saturated carbocycles. The van der Waals surface area contributed by atoms with Crippen LogP contribution in [0.25, 0.3) is 0 Å². The van der Waals surface area contributed by atoms with Crippen LogP contribution < -0.4 is 10.2 Å². The largest absolute Gasteiger partial charge is 0.368 e. The molecule has 6 heteroatoms. The minimum atomic E-state index is 0.0108. The van der Waals surface area contributed by atoms with Crippen molar-refractivity contribution >= 4 is 17.5 Å². The zero-order valence-electron chi connectivity index (χ0n) is 16.9. The van der Waals surface area contributed by atoms with E-state index < -0.39 is 0 Å². The van der Waals surface area contributed by atoms with Crippen LogP contribution in [0.3, 0.4) is 0 Å². The third-order valence-corrected chi connectivity index (χ3v) is 5.70. The van der Waals surface area contributed by atoms with Gasteiger partial charge < -0.3 is 15.1 Å². The Kier molecular flexibility index (Phi) is 6.39. The van der Waals surface area contributed by atoms with Crippen LogP contribution in [0, 0.1) is 0 Å². The molecule has 4 rings (SSSR count). The normalized spacial score (nSPS) is 17.0. The summed E-state index contributed by atoms with van der Waals surface area (Å²) >= 11 is 0. The maximum Gasteiger partial charge on any atom is 0.257 e. The summed E-state index contributed by atoms with van der Waals surface area (Å²) in [5.41, 5.74) is 3.30. The van der Waals surface area contributed by atoms with E-state index >= 15 is 0 Å². The van der Waals surface area contributed by atoms with Crippen LogP contribution in [-0.4, -0.2) is 53.5 Å². The molecule has 6 nitrogen and oxygen atoms in total. The highest BCUT2D eigenvalue weighted by atomic mass is 16.2. The second-order valence-corrected chi connectivity index (χ2v) is 7.70. The van der Waals surface area contributed by atoms with Crippen LogP contribution in [0.1, 0.15) is 42.5 Å². The molecule has 1 aliphatic heterocycles. The van der Waals surface area contributed by atoms with Crippen molar-refractivity contribution in [3.63, 3.8) is 0 Å². The van der Waals surface area contributed by atoms with Gasteiger partial charge in [-0.2, -0.15) is 0 Å². The van der Waals surface area contributed by atoms with E-state index in [2.05, 4.69) is 38.4 Å². The molecular formula is C23H29N5O. The molecule has 29 heavy (non-hydrogen) atoms. The maximum absolute atomic E-state index is 12.8. The van der Waals surface area contributed by atoms with Gasteiger partial charge in [0.05, 0.1) is 5.56 Å². The second kappa shape index (κ2) is 9.54. The summed E-state index contributed by atoms with van der Waals surface area (Å²) in [6, 6.07) is 10.3. The number of allylic oxidation sites excluding steroid dienone is 1. The van der Waals surface area contributed by atoms with Gasteiger partial charge in [-0.3, -0.25) is 4.79 Å². The van der Waals surface area contributed by atoms with Crippen molar-refractivity contribution in [3.05, 3.63) is 59.9 Å². The molecule has 1 fully saturated rings. The standard InChI is InChI=1S/C23H29N5O/c29-22(28-15-13-27(14-16-28)21-9-5-2-6-10-21)20-17-25-23(26-18-20)24-12-11-19-7-3-1-4-8-19/h2,5-7,9-10,17-18H,1,3-4,8,11-16H2,(H,24,25,26). The topological polar surface area (TPSA) is 61.4 Å².